The monoisotopic (exact) mass is 397 g/mol. The number of ether oxygens (including phenoxy) is 1. The van der Waals surface area contributed by atoms with Crippen molar-refractivity contribution in [1.82, 2.24) is 25.5 Å². The molecule has 2 fully saturated rings. The third kappa shape index (κ3) is 5.67. The van der Waals surface area contributed by atoms with Gasteiger partial charge >= 0.3 is 6.09 Å². The number of nitriles is 1. The van der Waals surface area contributed by atoms with Gasteiger partial charge < -0.3 is 15.4 Å². The average molecular weight is 397 g/mol. The number of aromatic nitrogens is 4. The van der Waals surface area contributed by atoms with Crippen LogP contribution in [0.4, 0.5) is 16.4 Å². The molecule has 9 nitrogen and oxygen atoms in total. The lowest BCUT2D eigenvalue weighted by atomic mass is 10.0. The van der Waals surface area contributed by atoms with Crippen LogP contribution in [0.1, 0.15) is 68.4 Å². The van der Waals surface area contributed by atoms with Gasteiger partial charge in [-0.15, -0.1) is 0 Å². The number of nitrogens with zero attached hydrogens (tertiary/aromatic N) is 4. The van der Waals surface area contributed by atoms with Crippen LogP contribution in [0.3, 0.4) is 0 Å². The van der Waals surface area contributed by atoms with Crippen molar-refractivity contribution in [3.63, 3.8) is 0 Å². The number of aryl methyl sites for hydroxylation is 1. The van der Waals surface area contributed by atoms with Crippen LogP contribution < -0.4 is 10.6 Å². The first kappa shape index (κ1) is 20.6. The number of H-pyrrole nitrogens is 1. The van der Waals surface area contributed by atoms with Gasteiger partial charge in [-0.1, -0.05) is 12.8 Å². The van der Waals surface area contributed by atoms with Crippen LogP contribution in [0.15, 0.2) is 12.3 Å². The Kier molecular flexibility index (Phi) is 6.32. The number of aromatic amines is 1. The van der Waals surface area contributed by atoms with Crippen LogP contribution in [-0.4, -0.2) is 38.9 Å². The normalized spacial score (nSPS) is 16.9. The van der Waals surface area contributed by atoms with E-state index in [0.29, 0.717) is 23.1 Å². The quantitative estimate of drug-likeness (QED) is 0.718. The van der Waals surface area contributed by atoms with Gasteiger partial charge in [0.15, 0.2) is 11.5 Å². The fourth-order valence-corrected chi connectivity index (χ4v) is 3.24. The molecule has 2 saturated carbocycles. The maximum absolute atomic E-state index is 10.5. The molecule has 29 heavy (non-hydrogen) atoms. The summed E-state index contributed by atoms with van der Waals surface area (Å²) in [6, 6.07) is 4.04. The number of amides is 1. The van der Waals surface area contributed by atoms with Gasteiger partial charge in [-0.05, 0) is 39.5 Å². The van der Waals surface area contributed by atoms with Crippen molar-refractivity contribution in [2.24, 2.45) is 0 Å². The molecule has 0 aromatic carbocycles. The number of carbonyl (C=O) groups is 1. The van der Waals surface area contributed by atoms with E-state index >= 15 is 0 Å². The Bertz CT molecular complexity index is 892. The summed E-state index contributed by atoms with van der Waals surface area (Å²) >= 11 is 0. The van der Waals surface area contributed by atoms with Gasteiger partial charge in [0.2, 0.25) is 0 Å². The molecule has 0 bridgehead atoms. The van der Waals surface area contributed by atoms with Gasteiger partial charge in [0.1, 0.15) is 11.9 Å². The first-order valence-corrected chi connectivity index (χ1v) is 9.84. The number of hydrogen-bond donors (Lipinski definition) is 3. The summed E-state index contributed by atoms with van der Waals surface area (Å²) in [6.45, 7) is 3.77. The predicted octanol–water partition coefficient (Wildman–Crippen LogP) is 3.68. The number of hydrogen-bond acceptors (Lipinski definition) is 7. The van der Waals surface area contributed by atoms with Crippen LogP contribution in [0.25, 0.3) is 0 Å². The van der Waals surface area contributed by atoms with Crippen LogP contribution in [0.5, 0.6) is 0 Å². The molecule has 2 aliphatic carbocycles. The molecule has 2 aromatic heterocycles. The highest BCUT2D eigenvalue weighted by Gasteiger charge is 2.38. The third-order valence-electron chi connectivity index (χ3n) is 5.29. The highest BCUT2D eigenvalue weighted by Crippen LogP contribution is 2.34. The molecule has 0 radical (unpaired) electrons. The molecule has 2 heterocycles. The molecule has 3 N–H and O–H groups in total. The average Bonchev–Trinajstić information content (AvgIpc) is 3.10. The van der Waals surface area contributed by atoms with E-state index < -0.39 is 0 Å². The topological polar surface area (TPSA) is 129 Å². The Morgan fingerprint density at radius 1 is 1.34 bits per heavy atom. The first-order chi connectivity index (χ1) is 13.9. The number of carbonyl (C=O) groups excluding carboxylic acids is 1. The maximum Gasteiger partial charge on any atom is 0.407 e. The number of rotatable bonds is 4. The molecule has 0 atom stereocenters. The van der Waals surface area contributed by atoms with Gasteiger partial charge in [-0.3, -0.25) is 5.10 Å². The lowest BCUT2D eigenvalue weighted by Gasteiger charge is -2.08. The number of alkyl carbamates (subject to hydrolysis) is 1. The fourth-order valence-electron chi connectivity index (χ4n) is 3.24. The van der Waals surface area contributed by atoms with Gasteiger partial charge in [-0.25, -0.2) is 14.8 Å². The molecule has 0 spiro atoms. The maximum atomic E-state index is 10.5. The van der Waals surface area contributed by atoms with E-state index in [0.717, 1.165) is 18.7 Å². The smallest absolute Gasteiger partial charge is 0.407 e. The van der Waals surface area contributed by atoms with Gasteiger partial charge in [0.05, 0.1) is 19.0 Å². The second kappa shape index (κ2) is 8.90. The van der Waals surface area contributed by atoms with Crippen molar-refractivity contribution in [3.05, 3.63) is 29.3 Å². The largest absolute Gasteiger partial charge is 0.453 e. The van der Waals surface area contributed by atoms with Crippen LogP contribution in [-0.2, 0) is 4.74 Å². The molecule has 2 aliphatic rings. The Balaban J connectivity index is 0.000000224. The van der Waals surface area contributed by atoms with Crippen molar-refractivity contribution in [1.29, 1.82) is 5.26 Å². The lowest BCUT2D eigenvalue weighted by Crippen LogP contribution is -2.33. The minimum atomic E-state index is -0.324. The van der Waals surface area contributed by atoms with E-state index in [1.54, 1.807) is 13.1 Å². The molecule has 9 heteroatoms. The SMILES string of the molecule is COC(=O)NC1(C)CC1.Cc1nc(Nc2cc(C3CCCC3)[nH]n2)cnc1C#N. The fraction of sp³-hybridized carbons (Fsp3) is 0.550. The number of anilines is 2. The highest BCUT2D eigenvalue weighted by molar-refractivity contribution is 5.68. The van der Waals surface area contributed by atoms with Crippen LogP contribution in [0, 0.1) is 18.3 Å². The number of nitrogens with one attached hydrogen (secondary N) is 3. The molecule has 154 valence electrons. The predicted molar refractivity (Wildman–Crippen MR) is 108 cm³/mol. The van der Waals surface area contributed by atoms with Gasteiger partial charge in [0, 0.05) is 23.2 Å². The van der Waals surface area contributed by atoms with Gasteiger partial charge in [0.25, 0.3) is 0 Å². The van der Waals surface area contributed by atoms with Crippen LogP contribution >= 0.6 is 0 Å². The Hall–Kier alpha value is -3.15. The zero-order chi connectivity index (χ0) is 20.9. The molecule has 0 aliphatic heterocycles. The second-order valence-electron chi connectivity index (χ2n) is 7.79. The van der Waals surface area contributed by atoms with Crippen molar-refractivity contribution < 1.29 is 9.53 Å². The van der Waals surface area contributed by atoms with Gasteiger partial charge in [-0.2, -0.15) is 10.4 Å². The molecular formula is C20H27N7O2. The Morgan fingerprint density at radius 2 is 2.07 bits per heavy atom. The molecular weight excluding hydrogens is 370 g/mol. The van der Waals surface area contributed by atoms with E-state index in [2.05, 4.69) is 35.5 Å². The zero-order valence-corrected chi connectivity index (χ0v) is 17.1. The summed E-state index contributed by atoms with van der Waals surface area (Å²) in [6.07, 6.45) is 8.43. The summed E-state index contributed by atoms with van der Waals surface area (Å²) < 4.78 is 4.42. The molecule has 0 saturated heterocycles. The first-order valence-electron chi connectivity index (χ1n) is 9.84. The summed E-state index contributed by atoms with van der Waals surface area (Å²) in [4.78, 5) is 18.9. The second-order valence-corrected chi connectivity index (χ2v) is 7.79. The lowest BCUT2D eigenvalue weighted by molar-refractivity contribution is 0.166. The standard InChI is InChI=1S/C14H16N6.C6H11NO2/c1-9-12(7-15)16-8-14(17-9)18-13-6-11(19-20-13)10-4-2-3-5-10;1-6(3-4-6)7-5(8)9-2/h6,8,10H,2-5H2,1H3,(H2,17,18,19,20);3-4H2,1-2H3,(H,7,8). The van der Waals surface area contributed by atoms with E-state index in [1.165, 1.54) is 38.5 Å². The summed E-state index contributed by atoms with van der Waals surface area (Å²) in [5.74, 6) is 1.95. The van der Waals surface area contributed by atoms with Crippen molar-refractivity contribution in [2.45, 2.75) is 63.8 Å². The summed E-state index contributed by atoms with van der Waals surface area (Å²) in [7, 11) is 1.38. The molecule has 2 aromatic rings. The van der Waals surface area contributed by atoms with Crippen molar-refractivity contribution >= 4 is 17.7 Å². The van der Waals surface area contributed by atoms with E-state index in [4.69, 9.17) is 5.26 Å². The minimum Gasteiger partial charge on any atom is -0.453 e. The number of methoxy groups -OCH3 is 1. The molecule has 1 amide bonds. The molecule has 4 rings (SSSR count). The summed E-state index contributed by atoms with van der Waals surface area (Å²) in [5, 5.41) is 22.0. The van der Waals surface area contributed by atoms with Crippen molar-refractivity contribution in [2.75, 3.05) is 12.4 Å². The zero-order valence-electron chi connectivity index (χ0n) is 17.1. The summed E-state index contributed by atoms with van der Waals surface area (Å²) in [5.41, 5.74) is 2.20. The van der Waals surface area contributed by atoms with E-state index in [1.807, 2.05) is 19.1 Å². The third-order valence-corrected chi connectivity index (χ3v) is 5.29. The highest BCUT2D eigenvalue weighted by atomic mass is 16.5. The van der Waals surface area contributed by atoms with Crippen molar-refractivity contribution in [3.8, 4) is 6.07 Å². The molecule has 0 unspecified atom stereocenters. The minimum absolute atomic E-state index is 0.0487. The Labute approximate surface area is 170 Å². The van der Waals surface area contributed by atoms with E-state index in [-0.39, 0.29) is 11.6 Å². The van der Waals surface area contributed by atoms with E-state index in [9.17, 15) is 4.79 Å². The van der Waals surface area contributed by atoms with Crippen LogP contribution in [0.2, 0.25) is 0 Å². The Morgan fingerprint density at radius 3 is 2.66 bits per heavy atom.